The molecule has 1 aromatic rings. The van der Waals surface area contributed by atoms with Crippen LogP contribution in [0, 0.1) is 0 Å². The number of piperazine rings is 1. The highest BCUT2D eigenvalue weighted by Gasteiger charge is 2.15. The van der Waals surface area contributed by atoms with Crippen LogP contribution < -0.4 is 15.2 Å². The fourth-order valence-corrected chi connectivity index (χ4v) is 2.57. The Morgan fingerprint density at radius 3 is 2.10 bits per heavy atom. The Bertz CT molecular complexity index is 389. The van der Waals surface area contributed by atoms with Crippen LogP contribution in [0.3, 0.4) is 0 Å². The Kier molecular flexibility index (Phi) is 6.79. The summed E-state index contributed by atoms with van der Waals surface area (Å²) in [5, 5.41) is 0. The second-order valence-electron chi connectivity index (χ2n) is 5.35. The average molecular weight is 293 g/mol. The second kappa shape index (κ2) is 8.87. The molecule has 0 bridgehead atoms. The maximum atomic E-state index is 5.75. The van der Waals surface area contributed by atoms with Gasteiger partial charge in [0.2, 0.25) is 0 Å². The highest BCUT2D eigenvalue weighted by molar-refractivity contribution is 5.31. The van der Waals surface area contributed by atoms with Gasteiger partial charge in [-0.25, -0.2) is 0 Å². The van der Waals surface area contributed by atoms with E-state index in [1.54, 1.807) is 7.11 Å². The zero-order valence-corrected chi connectivity index (χ0v) is 13.0. The van der Waals surface area contributed by atoms with Gasteiger partial charge in [-0.1, -0.05) is 0 Å². The number of ether oxygens (including phenoxy) is 2. The molecule has 0 atom stereocenters. The standard InChI is InChI=1S/C16H27N3O2/c1-20-15-3-5-16(6-4-15)21-14-2-8-18-10-12-19(9-7-17)13-11-18/h3-6H,2,7-14,17H2,1H3. The smallest absolute Gasteiger partial charge is 0.119 e. The zero-order valence-electron chi connectivity index (χ0n) is 13.0. The van der Waals surface area contributed by atoms with Gasteiger partial charge in [0.25, 0.3) is 0 Å². The lowest BCUT2D eigenvalue weighted by Gasteiger charge is -2.34. The number of nitrogens with two attached hydrogens (primary N) is 1. The molecule has 1 aliphatic heterocycles. The topological polar surface area (TPSA) is 51.0 Å². The average Bonchev–Trinajstić information content (AvgIpc) is 2.54. The van der Waals surface area contributed by atoms with Crippen molar-refractivity contribution in [2.24, 2.45) is 5.73 Å². The molecule has 0 aliphatic carbocycles. The van der Waals surface area contributed by atoms with Gasteiger partial charge >= 0.3 is 0 Å². The summed E-state index contributed by atoms with van der Waals surface area (Å²) in [4.78, 5) is 4.94. The van der Waals surface area contributed by atoms with Crippen LogP contribution in [0.15, 0.2) is 24.3 Å². The minimum absolute atomic E-state index is 0.759. The van der Waals surface area contributed by atoms with Crippen LogP contribution in [0.1, 0.15) is 6.42 Å². The molecule has 2 N–H and O–H groups in total. The van der Waals surface area contributed by atoms with Gasteiger partial charge in [0.15, 0.2) is 0 Å². The van der Waals surface area contributed by atoms with E-state index in [4.69, 9.17) is 15.2 Å². The summed E-state index contributed by atoms with van der Waals surface area (Å²) in [6, 6.07) is 7.74. The van der Waals surface area contributed by atoms with Crippen molar-refractivity contribution in [1.29, 1.82) is 0 Å². The van der Waals surface area contributed by atoms with E-state index in [1.165, 1.54) is 0 Å². The monoisotopic (exact) mass is 293 g/mol. The first-order chi connectivity index (χ1) is 10.3. The molecule has 0 amide bonds. The Morgan fingerprint density at radius 2 is 1.52 bits per heavy atom. The van der Waals surface area contributed by atoms with Crippen LogP contribution >= 0.6 is 0 Å². The highest BCUT2D eigenvalue weighted by atomic mass is 16.5. The molecule has 2 rings (SSSR count). The van der Waals surface area contributed by atoms with Crippen molar-refractivity contribution in [3.05, 3.63) is 24.3 Å². The number of benzene rings is 1. The molecule has 1 heterocycles. The predicted molar refractivity (Wildman–Crippen MR) is 85.0 cm³/mol. The quantitative estimate of drug-likeness (QED) is 0.726. The van der Waals surface area contributed by atoms with E-state index in [-0.39, 0.29) is 0 Å². The number of methoxy groups -OCH3 is 1. The van der Waals surface area contributed by atoms with Crippen LogP contribution in [0.5, 0.6) is 11.5 Å². The van der Waals surface area contributed by atoms with E-state index in [9.17, 15) is 0 Å². The molecule has 0 unspecified atom stereocenters. The lowest BCUT2D eigenvalue weighted by molar-refractivity contribution is 0.128. The summed E-state index contributed by atoms with van der Waals surface area (Å²) in [5.41, 5.74) is 5.59. The van der Waals surface area contributed by atoms with Crippen molar-refractivity contribution in [1.82, 2.24) is 9.80 Å². The van der Waals surface area contributed by atoms with Crippen molar-refractivity contribution in [3.8, 4) is 11.5 Å². The second-order valence-corrected chi connectivity index (χ2v) is 5.35. The van der Waals surface area contributed by atoms with Gasteiger partial charge in [-0.2, -0.15) is 0 Å². The zero-order chi connectivity index (χ0) is 14.9. The number of nitrogens with zero attached hydrogens (tertiary/aromatic N) is 2. The summed E-state index contributed by atoms with van der Waals surface area (Å²) in [7, 11) is 1.67. The lowest BCUT2D eigenvalue weighted by Crippen LogP contribution is -2.48. The van der Waals surface area contributed by atoms with Gasteiger partial charge < -0.3 is 20.1 Å². The minimum atomic E-state index is 0.759. The van der Waals surface area contributed by atoms with Crippen LogP contribution in [-0.4, -0.2) is 69.3 Å². The minimum Gasteiger partial charge on any atom is -0.497 e. The molecule has 0 aromatic heterocycles. The Labute approximate surface area is 127 Å². The van der Waals surface area contributed by atoms with E-state index in [0.717, 1.165) is 70.3 Å². The molecule has 0 radical (unpaired) electrons. The summed E-state index contributed by atoms with van der Waals surface area (Å²) in [5.74, 6) is 1.77. The van der Waals surface area contributed by atoms with Crippen molar-refractivity contribution >= 4 is 0 Å². The highest BCUT2D eigenvalue weighted by Crippen LogP contribution is 2.17. The van der Waals surface area contributed by atoms with Gasteiger partial charge in [0.1, 0.15) is 11.5 Å². The molecule has 1 aliphatic rings. The van der Waals surface area contributed by atoms with Gasteiger partial charge in [-0.15, -0.1) is 0 Å². The largest absolute Gasteiger partial charge is 0.497 e. The molecule has 1 aromatic carbocycles. The lowest BCUT2D eigenvalue weighted by atomic mass is 10.3. The van der Waals surface area contributed by atoms with E-state index in [0.29, 0.717) is 0 Å². The first kappa shape index (κ1) is 16.1. The van der Waals surface area contributed by atoms with Crippen molar-refractivity contribution < 1.29 is 9.47 Å². The molecule has 21 heavy (non-hydrogen) atoms. The Morgan fingerprint density at radius 1 is 0.952 bits per heavy atom. The van der Waals surface area contributed by atoms with Crippen molar-refractivity contribution in [2.45, 2.75) is 6.42 Å². The third-order valence-corrected chi connectivity index (χ3v) is 3.86. The molecule has 118 valence electrons. The summed E-state index contributed by atoms with van der Waals surface area (Å²) < 4.78 is 10.9. The molecule has 0 spiro atoms. The van der Waals surface area contributed by atoms with E-state index in [2.05, 4.69) is 9.80 Å². The van der Waals surface area contributed by atoms with Gasteiger partial charge in [-0.3, -0.25) is 4.90 Å². The molecular weight excluding hydrogens is 266 g/mol. The Balaban J connectivity index is 1.57. The van der Waals surface area contributed by atoms with Crippen LogP contribution in [0.2, 0.25) is 0 Å². The van der Waals surface area contributed by atoms with E-state index < -0.39 is 0 Å². The molecule has 5 nitrogen and oxygen atoms in total. The maximum absolute atomic E-state index is 5.75. The van der Waals surface area contributed by atoms with Crippen LogP contribution in [0.4, 0.5) is 0 Å². The molecule has 1 saturated heterocycles. The fraction of sp³-hybridized carbons (Fsp3) is 0.625. The number of hydrogen-bond acceptors (Lipinski definition) is 5. The Hall–Kier alpha value is -1.30. The first-order valence-electron chi connectivity index (χ1n) is 7.73. The predicted octanol–water partition coefficient (Wildman–Crippen LogP) is 1.04. The summed E-state index contributed by atoms with van der Waals surface area (Å²) in [6.07, 6.45) is 1.06. The fourth-order valence-electron chi connectivity index (χ4n) is 2.57. The van der Waals surface area contributed by atoms with Crippen molar-refractivity contribution in [3.63, 3.8) is 0 Å². The van der Waals surface area contributed by atoms with Gasteiger partial charge in [-0.05, 0) is 30.7 Å². The summed E-state index contributed by atoms with van der Waals surface area (Å²) in [6.45, 7) is 8.20. The molecule has 5 heteroatoms. The van der Waals surface area contributed by atoms with Crippen molar-refractivity contribution in [2.75, 3.05) is 59.5 Å². The van der Waals surface area contributed by atoms with Crippen LogP contribution in [0.25, 0.3) is 0 Å². The summed E-state index contributed by atoms with van der Waals surface area (Å²) >= 11 is 0. The molecule has 0 saturated carbocycles. The van der Waals surface area contributed by atoms with Crippen LogP contribution in [-0.2, 0) is 0 Å². The normalized spacial score (nSPS) is 16.9. The van der Waals surface area contributed by atoms with Gasteiger partial charge in [0, 0.05) is 45.8 Å². The third kappa shape index (κ3) is 5.53. The maximum Gasteiger partial charge on any atom is 0.119 e. The first-order valence-corrected chi connectivity index (χ1v) is 7.73. The molecule has 1 fully saturated rings. The van der Waals surface area contributed by atoms with E-state index in [1.807, 2.05) is 24.3 Å². The third-order valence-electron chi connectivity index (χ3n) is 3.86. The number of rotatable bonds is 8. The SMILES string of the molecule is COc1ccc(OCCCN2CCN(CCN)CC2)cc1. The van der Waals surface area contributed by atoms with Gasteiger partial charge in [0.05, 0.1) is 13.7 Å². The van der Waals surface area contributed by atoms with E-state index >= 15 is 0 Å². The molecular formula is C16H27N3O2. The number of hydrogen-bond donors (Lipinski definition) is 1.